The highest BCUT2D eigenvalue weighted by Crippen LogP contribution is 2.34. The molecule has 3 aromatic rings. The molecular formula is C19H20ClN5O2. The molecule has 1 atom stereocenters. The molecule has 1 aliphatic heterocycles. The van der Waals surface area contributed by atoms with Crippen LogP contribution in [0.2, 0.25) is 5.02 Å². The van der Waals surface area contributed by atoms with E-state index in [2.05, 4.69) is 10.1 Å². The second-order valence-electron chi connectivity index (χ2n) is 7.19. The Morgan fingerprint density at radius 1 is 1.33 bits per heavy atom. The lowest BCUT2D eigenvalue weighted by Crippen LogP contribution is -2.56. The van der Waals surface area contributed by atoms with Crippen LogP contribution in [0.4, 0.5) is 11.5 Å². The van der Waals surface area contributed by atoms with Crippen molar-refractivity contribution in [2.45, 2.75) is 32.5 Å². The van der Waals surface area contributed by atoms with Gasteiger partial charge in [0, 0.05) is 11.3 Å². The lowest BCUT2D eigenvalue weighted by Gasteiger charge is -2.40. The van der Waals surface area contributed by atoms with E-state index in [0.29, 0.717) is 22.9 Å². The first kappa shape index (κ1) is 17.8. The summed E-state index contributed by atoms with van der Waals surface area (Å²) in [6.45, 7) is 6.05. The second kappa shape index (κ2) is 6.21. The van der Waals surface area contributed by atoms with E-state index < -0.39 is 5.60 Å². The van der Waals surface area contributed by atoms with E-state index in [1.165, 1.54) is 6.33 Å². The summed E-state index contributed by atoms with van der Waals surface area (Å²) in [4.78, 5) is 18.6. The Morgan fingerprint density at radius 3 is 2.89 bits per heavy atom. The Hall–Kier alpha value is -2.64. The number of carbonyl (C=O) groups excluding carboxylic acids is 1. The predicted octanol–water partition coefficient (Wildman–Crippen LogP) is 3.16. The van der Waals surface area contributed by atoms with Crippen molar-refractivity contribution in [1.29, 1.82) is 0 Å². The third kappa shape index (κ3) is 2.93. The molecule has 0 aliphatic carbocycles. The van der Waals surface area contributed by atoms with E-state index in [1.54, 1.807) is 29.3 Å². The maximum absolute atomic E-state index is 12.8. The number of carbonyl (C=O) groups is 1. The number of amides is 1. The number of fused-ring (bicyclic) bond motifs is 1. The first-order valence-corrected chi connectivity index (χ1v) is 9.03. The van der Waals surface area contributed by atoms with E-state index in [9.17, 15) is 4.79 Å². The van der Waals surface area contributed by atoms with Gasteiger partial charge in [-0.2, -0.15) is 5.10 Å². The van der Waals surface area contributed by atoms with Crippen LogP contribution in [-0.2, 0) is 9.53 Å². The number of rotatable bonds is 2. The number of nitrogen functional groups attached to an aromatic ring is 1. The van der Waals surface area contributed by atoms with Crippen LogP contribution in [0.15, 0.2) is 36.7 Å². The third-order valence-electron chi connectivity index (χ3n) is 4.69. The van der Waals surface area contributed by atoms with Gasteiger partial charge >= 0.3 is 0 Å². The smallest absolute Gasteiger partial charge is 0.258 e. The van der Waals surface area contributed by atoms with E-state index in [0.717, 1.165) is 16.9 Å². The van der Waals surface area contributed by atoms with Gasteiger partial charge in [0.25, 0.3) is 5.91 Å². The van der Waals surface area contributed by atoms with Crippen LogP contribution in [0.25, 0.3) is 16.8 Å². The maximum Gasteiger partial charge on any atom is 0.258 e. The summed E-state index contributed by atoms with van der Waals surface area (Å²) in [6.07, 6.45) is 1.33. The summed E-state index contributed by atoms with van der Waals surface area (Å²) < 4.78 is 7.45. The van der Waals surface area contributed by atoms with Crippen molar-refractivity contribution in [2.24, 2.45) is 0 Å². The average molecular weight is 386 g/mol. The van der Waals surface area contributed by atoms with Crippen molar-refractivity contribution < 1.29 is 9.53 Å². The highest BCUT2D eigenvalue weighted by atomic mass is 35.5. The lowest BCUT2D eigenvalue weighted by atomic mass is 10.0. The number of ether oxygens (including phenoxy) is 1. The number of aromatic nitrogens is 3. The first-order chi connectivity index (χ1) is 12.8. The molecule has 1 saturated heterocycles. The van der Waals surface area contributed by atoms with Crippen LogP contribution >= 0.6 is 11.6 Å². The van der Waals surface area contributed by atoms with Crippen LogP contribution in [0.1, 0.15) is 20.8 Å². The van der Waals surface area contributed by atoms with Gasteiger partial charge in [0.2, 0.25) is 0 Å². The molecule has 2 aromatic heterocycles. The zero-order valence-corrected chi connectivity index (χ0v) is 16.1. The Labute approximate surface area is 161 Å². The van der Waals surface area contributed by atoms with E-state index in [-0.39, 0.29) is 12.0 Å². The minimum absolute atomic E-state index is 0.0579. The molecule has 0 radical (unpaired) electrons. The monoisotopic (exact) mass is 385 g/mol. The molecule has 0 spiro atoms. The average Bonchev–Trinajstić information content (AvgIpc) is 2.96. The molecule has 1 unspecified atom stereocenters. The summed E-state index contributed by atoms with van der Waals surface area (Å²) in [5, 5.41) is 4.75. The molecule has 4 rings (SSSR count). The number of benzene rings is 1. The summed E-state index contributed by atoms with van der Waals surface area (Å²) in [5.41, 5.74) is 8.09. The van der Waals surface area contributed by atoms with Gasteiger partial charge in [-0.3, -0.25) is 4.79 Å². The number of hydrogen-bond acceptors (Lipinski definition) is 5. The number of halogens is 1. The SMILES string of the molecule is CC1CN(c2cccc(-c3cc(Cl)c4c(N)ncnn34)c2)C(=O)C(C)(C)O1. The third-order valence-corrected chi connectivity index (χ3v) is 4.97. The van der Waals surface area contributed by atoms with Gasteiger partial charge in [0.15, 0.2) is 5.82 Å². The van der Waals surface area contributed by atoms with Gasteiger partial charge in [0.05, 0.1) is 23.4 Å². The Bertz CT molecular complexity index is 1050. The van der Waals surface area contributed by atoms with Gasteiger partial charge in [-0.1, -0.05) is 23.7 Å². The topological polar surface area (TPSA) is 85.8 Å². The summed E-state index contributed by atoms with van der Waals surface area (Å²) in [5.74, 6) is 0.249. The number of hydrogen-bond donors (Lipinski definition) is 1. The van der Waals surface area contributed by atoms with Crippen molar-refractivity contribution in [3.63, 3.8) is 0 Å². The highest BCUT2D eigenvalue weighted by Gasteiger charge is 2.40. The zero-order chi connectivity index (χ0) is 19.3. The quantitative estimate of drug-likeness (QED) is 0.732. The Balaban J connectivity index is 1.80. The van der Waals surface area contributed by atoms with Crippen molar-refractivity contribution in [3.05, 3.63) is 41.7 Å². The zero-order valence-electron chi connectivity index (χ0n) is 15.3. The molecule has 2 N–H and O–H groups in total. The van der Waals surface area contributed by atoms with E-state index >= 15 is 0 Å². The van der Waals surface area contributed by atoms with Gasteiger partial charge in [-0.15, -0.1) is 0 Å². The molecule has 1 aliphatic rings. The van der Waals surface area contributed by atoms with Gasteiger partial charge in [-0.05, 0) is 39.0 Å². The van der Waals surface area contributed by atoms with Gasteiger partial charge < -0.3 is 15.4 Å². The maximum atomic E-state index is 12.8. The summed E-state index contributed by atoms with van der Waals surface area (Å²) >= 11 is 6.34. The molecule has 7 nitrogen and oxygen atoms in total. The normalized spacial score (nSPS) is 19.6. The molecule has 1 fully saturated rings. The summed E-state index contributed by atoms with van der Waals surface area (Å²) in [7, 11) is 0. The fourth-order valence-electron chi connectivity index (χ4n) is 3.54. The fraction of sp³-hybridized carbons (Fsp3) is 0.316. The van der Waals surface area contributed by atoms with Crippen LogP contribution in [0.3, 0.4) is 0 Å². The van der Waals surface area contributed by atoms with Crippen LogP contribution in [-0.4, -0.2) is 38.8 Å². The van der Waals surface area contributed by atoms with Crippen molar-refractivity contribution in [3.8, 4) is 11.3 Å². The van der Waals surface area contributed by atoms with Crippen LogP contribution in [0.5, 0.6) is 0 Å². The fourth-order valence-corrected chi connectivity index (χ4v) is 3.82. The Morgan fingerprint density at radius 2 is 2.11 bits per heavy atom. The number of nitrogens with two attached hydrogens (primary N) is 1. The van der Waals surface area contributed by atoms with Gasteiger partial charge in [0.1, 0.15) is 17.4 Å². The number of anilines is 2. The predicted molar refractivity (Wildman–Crippen MR) is 105 cm³/mol. The number of nitrogens with zero attached hydrogens (tertiary/aromatic N) is 4. The molecular weight excluding hydrogens is 366 g/mol. The van der Waals surface area contributed by atoms with Crippen molar-refractivity contribution in [2.75, 3.05) is 17.2 Å². The minimum Gasteiger partial charge on any atom is -0.382 e. The largest absolute Gasteiger partial charge is 0.382 e. The van der Waals surface area contributed by atoms with Crippen molar-refractivity contribution >= 4 is 34.5 Å². The second-order valence-corrected chi connectivity index (χ2v) is 7.60. The molecule has 0 saturated carbocycles. The summed E-state index contributed by atoms with van der Waals surface area (Å²) in [6, 6.07) is 9.51. The molecule has 1 aromatic carbocycles. The lowest BCUT2D eigenvalue weighted by molar-refractivity contribution is -0.153. The minimum atomic E-state index is -0.861. The molecule has 140 valence electrons. The van der Waals surface area contributed by atoms with E-state index in [1.807, 2.05) is 31.2 Å². The molecule has 8 heteroatoms. The molecule has 27 heavy (non-hydrogen) atoms. The molecule has 0 bridgehead atoms. The first-order valence-electron chi connectivity index (χ1n) is 8.66. The number of morpholine rings is 1. The van der Waals surface area contributed by atoms with E-state index in [4.69, 9.17) is 22.1 Å². The highest BCUT2D eigenvalue weighted by molar-refractivity contribution is 6.35. The molecule has 3 heterocycles. The van der Waals surface area contributed by atoms with Crippen LogP contribution in [0, 0.1) is 0 Å². The standard InChI is InChI=1S/C19H20ClN5O2/c1-11-9-24(18(26)19(2,3)27-11)13-6-4-5-12(7-13)15-8-14(20)16-17(21)22-10-23-25(15)16/h4-8,10-11H,9H2,1-3H3,(H2,21,22,23). The van der Waals surface area contributed by atoms with Crippen molar-refractivity contribution in [1.82, 2.24) is 14.6 Å². The molecule has 1 amide bonds. The van der Waals surface area contributed by atoms with Crippen LogP contribution < -0.4 is 10.6 Å². The Kier molecular flexibility index (Phi) is 4.09. The van der Waals surface area contributed by atoms with Gasteiger partial charge in [-0.25, -0.2) is 9.50 Å².